The molecule has 13 heavy (non-hydrogen) atoms. The van der Waals surface area contributed by atoms with Gasteiger partial charge in [0.1, 0.15) is 0 Å². The topological polar surface area (TPSA) is 0 Å². The van der Waals surface area contributed by atoms with Crippen LogP contribution in [0.25, 0.3) is 0 Å². The third-order valence-electron chi connectivity index (χ3n) is 1.63. The molecular formula is C12H8Se. The summed E-state index contributed by atoms with van der Waals surface area (Å²) in [5, 5.41) is 0. The summed E-state index contributed by atoms with van der Waals surface area (Å²) in [6, 6.07) is 14.3. The number of benzene rings is 1. The molecule has 2 aromatic rings. The van der Waals surface area contributed by atoms with Gasteiger partial charge in [-0.15, -0.1) is 0 Å². The van der Waals surface area contributed by atoms with Crippen molar-refractivity contribution in [1.29, 1.82) is 0 Å². The summed E-state index contributed by atoms with van der Waals surface area (Å²) in [5.41, 5.74) is 1.09. The van der Waals surface area contributed by atoms with Crippen LogP contribution < -0.4 is 0 Å². The van der Waals surface area contributed by atoms with Crippen molar-refractivity contribution in [3.05, 3.63) is 57.4 Å². The van der Waals surface area contributed by atoms with Crippen LogP contribution >= 0.6 is 0 Å². The molecule has 0 N–H and O–H groups in total. The molecule has 0 fully saturated rings. The van der Waals surface area contributed by atoms with E-state index in [1.54, 1.807) is 0 Å². The fourth-order valence-corrected chi connectivity index (χ4v) is 2.20. The third-order valence-corrected chi connectivity index (χ3v) is 3.27. The monoisotopic (exact) mass is 232 g/mol. The molecule has 0 atom stereocenters. The van der Waals surface area contributed by atoms with Gasteiger partial charge in [-0.05, 0) is 0 Å². The van der Waals surface area contributed by atoms with E-state index in [1.165, 1.54) is 4.44 Å². The molecule has 0 bridgehead atoms. The first-order valence-electron chi connectivity index (χ1n) is 4.06. The van der Waals surface area contributed by atoms with E-state index in [9.17, 15) is 0 Å². The van der Waals surface area contributed by atoms with Crippen LogP contribution in [0.5, 0.6) is 0 Å². The van der Waals surface area contributed by atoms with Crippen molar-refractivity contribution in [2.24, 2.45) is 0 Å². The van der Waals surface area contributed by atoms with Gasteiger partial charge in [0.2, 0.25) is 0 Å². The first-order chi connectivity index (χ1) is 6.45. The summed E-state index contributed by atoms with van der Waals surface area (Å²) >= 11 is 0.474. The molecule has 1 aromatic carbocycles. The van der Waals surface area contributed by atoms with Crippen molar-refractivity contribution < 1.29 is 0 Å². The molecule has 0 spiro atoms. The van der Waals surface area contributed by atoms with Gasteiger partial charge in [0.15, 0.2) is 0 Å². The zero-order chi connectivity index (χ0) is 8.93. The van der Waals surface area contributed by atoms with Crippen LogP contribution in [0.1, 0.15) is 10.0 Å². The van der Waals surface area contributed by atoms with Crippen LogP contribution in [-0.2, 0) is 0 Å². The molecule has 1 heteroatoms. The number of hydrogen-bond donors (Lipinski definition) is 0. The summed E-state index contributed by atoms with van der Waals surface area (Å²) < 4.78 is 1.26. The van der Waals surface area contributed by atoms with Gasteiger partial charge in [-0.2, -0.15) is 0 Å². The maximum atomic E-state index is 3.17. The first kappa shape index (κ1) is 8.38. The van der Waals surface area contributed by atoms with Gasteiger partial charge in [0.05, 0.1) is 0 Å². The fraction of sp³-hybridized carbons (Fsp3) is 0. The van der Waals surface area contributed by atoms with Gasteiger partial charge < -0.3 is 0 Å². The summed E-state index contributed by atoms with van der Waals surface area (Å²) in [5.74, 6) is 6.32. The Kier molecular flexibility index (Phi) is 2.67. The molecule has 0 aliphatic heterocycles. The van der Waals surface area contributed by atoms with E-state index >= 15 is 0 Å². The minimum absolute atomic E-state index is 0.474. The van der Waals surface area contributed by atoms with Gasteiger partial charge in [0, 0.05) is 0 Å². The van der Waals surface area contributed by atoms with Crippen molar-refractivity contribution in [3.63, 3.8) is 0 Å². The van der Waals surface area contributed by atoms with E-state index in [0.29, 0.717) is 14.5 Å². The second-order valence-electron chi connectivity index (χ2n) is 2.59. The van der Waals surface area contributed by atoms with Crippen LogP contribution in [0.2, 0.25) is 0 Å². The number of rotatable bonds is 0. The van der Waals surface area contributed by atoms with Gasteiger partial charge in [-0.1, -0.05) is 0 Å². The van der Waals surface area contributed by atoms with Crippen molar-refractivity contribution in [3.8, 4) is 11.8 Å². The van der Waals surface area contributed by atoms with Gasteiger partial charge in [0.25, 0.3) is 0 Å². The zero-order valence-electron chi connectivity index (χ0n) is 7.03. The molecule has 0 amide bonds. The third kappa shape index (κ3) is 2.36. The van der Waals surface area contributed by atoms with Crippen LogP contribution in [0, 0.1) is 11.8 Å². The molecular weight excluding hydrogens is 223 g/mol. The Morgan fingerprint density at radius 3 is 2.38 bits per heavy atom. The predicted octanol–water partition coefficient (Wildman–Crippen LogP) is 2.14. The molecule has 0 nitrogen and oxygen atoms in total. The molecule has 62 valence electrons. The van der Waals surface area contributed by atoms with Crippen molar-refractivity contribution in [2.45, 2.75) is 0 Å². The van der Waals surface area contributed by atoms with Crippen molar-refractivity contribution in [2.75, 3.05) is 0 Å². The molecule has 0 aliphatic carbocycles. The predicted molar refractivity (Wildman–Crippen MR) is 55.8 cm³/mol. The molecule has 0 unspecified atom stereocenters. The van der Waals surface area contributed by atoms with Gasteiger partial charge >= 0.3 is 83.8 Å². The molecule has 0 aliphatic rings. The summed E-state index contributed by atoms with van der Waals surface area (Å²) in [6.07, 6.45) is 0. The molecule has 2 rings (SSSR count). The molecule has 0 saturated heterocycles. The van der Waals surface area contributed by atoms with E-state index in [4.69, 9.17) is 0 Å². The maximum absolute atomic E-state index is 3.17. The van der Waals surface area contributed by atoms with Crippen LogP contribution in [0.15, 0.2) is 47.4 Å². The van der Waals surface area contributed by atoms with Gasteiger partial charge in [-0.25, -0.2) is 0 Å². The Balaban J connectivity index is 2.23. The second kappa shape index (κ2) is 4.14. The van der Waals surface area contributed by atoms with Crippen molar-refractivity contribution >= 4 is 14.5 Å². The van der Waals surface area contributed by atoms with Crippen LogP contribution in [0.3, 0.4) is 0 Å². The molecule has 0 radical (unpaired) electrons. The van der Waals surface area contributed by atoms with Crippen LogP contribution in [-0.4, -0.2) is 14.5 Å². The average molecular weight is 231 g/mol. The van der Waals surface area contributed by atoms with E-state index in [-0.39, 0.29) is 0 Å². The SMILES string of the molecule is C(#Cc1ccc[se]1)c1ccccc1. The quantitative estimate of drug-likeness (QED) is 0.481. The Bertz CT molecular complexity index is 415. The first-order valence-corrected chi connectivity index (χ1v) is 5.90. The molecule has 1 aromatic heterocycles. The summed E-state index contributed by atoms with van der Waals surface area (Å²) in [6.45, 7) is 0. The Morgan fingerprint density at radius 2 is 1.69 bits per heavy atom. The zero-order valence-corrected chi connectivity index (χ0v) is 8.74. The fourth-order valence-electron chi connectivity index (χ4n) is 1.00. The standard InChI is InChI=1S/C12H8Se/c1-2-5-11(6-3-1)8-9-12-7-4-10-13-12/h1-7,10H. The van der Waals surface area contributed by atoms with Gasteiger partial charge in [-0.3, -0.25) is 0 Å². The Labute approximate surface area is 84.0 Å². The van der Waals surface area contributed by atoms with Crippen molar-refractivity contribution in [1.82, 2.24) is 0 Å². The molecule has 0 saturated carbocycles. The Hall–Kier alpha value is -1.22. The van der Waals surface area contributed by atoms with E-state index in [1.807, 2.05) is 30.3 Å². The molecule has 1 heterocycles. The Morgan fingerprint density at radius 1 is 0.846 bits per heavy atom. The van der Waals surface area contributed by atoms with E-state index < -0.39 is 0 Å². The second-order valence-corrected chi connectivity index (χ2v) is 4.58. The average Bonchev–Trinajstić information content (AvgIpc) is 2.69. The minimum atomic E-state index is 0.474. The summed E-state index contributed by atoms with van der Waals surface area (Å²) in [4.78, 5) is 2.18. The van der Waals surface area contributed by atoms with Crippen LogP contribution in [0.4, 0.5) is 0 Å². The summed E-state index contributed by atoms with van der Waals surface area (Å²) in [7, 11) is 0. The van der Waals surface area contributed by atoms with E-state index in [0.717, 1.165) is 5.56 Å². The normalized spacial score (nSPS) is 8.92. The number of hydrogen-bond acceptors (Lipinski definition) is 0. The van der Waals surface area contributed by atoms with E-state index in [2.05, 4.69) is 28.9 Å².